The summed E-state index contributed by atoms with van der Waals surface area (Å²) in [5.74, 6) is 2.34. The number of piperidine rings is 1. The first-order valence-electron chi connectivity index (χ1n) is 7.48. The third kappa shape index (κ3) is 4.50. The second-order valence-corrected chi connectivity index (χ2v) is 6.56. The summed E-state index contributed by atoms with van der Waals surface area (Å²) in [5.41, 5.74) is 0. The van der Waals surface area contributed by atoms with Crippen LogP contribution in [0.1, 0.15) is 26.2 Å². The van der Waals surface area contributed by atoms with Crippen LogP contribution < -0.4 is 5.32 Å². The van der Waals surface area contributed by atoms with Gasteiger partial charge in [-0.3, -0.25) is 9.59 Å². The largest absolute Gasteiger partial charge is 0.341 e. The average Bonchev–Trinajstić information content (AvgIpc) is 2.96. The standard InChI is InChI=1S/C14H25N3O2S.ClH/c1-3-13(18)17-10-20-9-12(17)14(19)16-6-4-11(5-7-16)8-15-2;/h11-12,15H,3-10H2,1-2H3;1H. The molecule has 0 radical (unpaired) electrons. The monoisotopic (exact) mass is 335 g/mol. The third-order valence-corrected chi connectivity index (χ3v) is 5.22. The lowest BCUT2D eigenvalue weighted by molar-refractivity contribution is -0.144. The lowest BCUT2D eigenvalue weighted by atomic mass is 9.96. The molecule has 1 N–H and O–H groups in total. The lowest BCUT2D eigenvalue weighted by Crippen LogP contribution is -2.51. The topological polar surface area (TPSA) is 52.7 Å². The van der Waals surface area contributed by atoms with Gasteiger partial charge in [-0.25, -0.2) is 0 Å². The van der Waals surface area contributed by atoms with E-state index in [2.05, 4.69) is 5.32 Å². The van der Waals surface area contributed by atoms with Crippen molar-refractivity contribution in [2.24, 2.45) is 5.92 Å². The highest BCUT2D eigenvalue weighted by Gasteiger charge is 2.37. The molecule has 2 aliphatic rings. The zero-order valence-electron chi connectivity index (χ0n) is 12.8. The molecule has 0 aromatic carbocycles. The minimum atomic E-state index is -0.228. The fourth-order valence-corrected chi connectivity index (χ4v) is 4.12. The Morgan fingerprint density at radius 2 is 1.95 bits per heavy atom. The van der Waals surface area contributed by atoms with Gasteiger partial charge in [0.1, 0.15) is 6.04 Å². The first-order chi connectivity index (χ1) is 9.67. The Bertz CT molecular complexity index is 362. The number of nitrogens with zero attached hydrogens (tertiary/aromatic N) is 2. The highest BCUT2D eigenvalue weighted by molar-refractivity contribution is 7.99. The van der Waals surface area contributed by atoms with E-state index in [-0.39, 0.29) is 30.3 Å². The van der Waals surface area contributed by atoms with Gasteiger partial charge >= 0.3 is 0 Å². The molecular weight excluding hydrogens is 310 g/mol. The molecule has 0 aliphatic carbocycles. The van der Waals surface area contributed by atoms with Crippen LogP contribution in [0.25, 0.3) is 0 Å². The molecule has 2 saturated heterocycles. The summed E-state index contributed by atoms with van der Waals surface area (Å²) in [6.07, 6.45) is 2.61. The summed E-state index contributed by atoms with van der Waals surface area (Å²) in [7, 11) is 1.97. The van der Waals surface area contributed by atoms with Crippen LogP contribution in [-0.4, -0.2) is 66.0 Å². The summed E-state index contributed by atoms with van der Waals surface area (Å²) in [4.78, 5) is 28.2. The van der Waals surface area contributed by atoms with Gasteiger partial charge in [0, 0.05) is 25.3 Å². The number of hydrogen-bond donors (Lipinski definition) is 1. The van der Waals surface area contributed by atoms with Crippen molar-refractivity contribution in [2.75, 3.05) is 38.3 Å². The van der Waals surface area contributed by atoms with Crippen LogP contribution >= 0.6 is 24.2 Å². The molecule has 0 spiro atoms. The van der Waals surface area contributed by atoms with Gasteiger partial charge in [0.15, 0.2) is 0 Å². The van der Waals surface area contributed by atoms with E-state index >= 15 is 0 Å². The fourth-order valence-electron chi connectivity index (χ4n) is 2.95. The molecular formula is C14H26ClN3O2S. The Morgan fingerprint density at radius 1 is 1.29 bits per heavy atom. The number of rotatable bonds is 4. The number of carbonyl (C=O) groups is 2. The molecule has 2 rings (SSSR count). The van der Waals surface area contributed by atoms with Crippen molar-refractivity contribution < 1.29 is 9.59 Å². The second-order valence-electron chi connectivity index (χ2n) is 5.56. The maximum absolute atomic E-state index is 12.6. The molecule has 2 fully saturated rings. The minimum Gasteiger partial charge on any atom is -0.341 e. The zero-order valence-corrected chi connectivity index (χ0v) is 14.5. The van der Waals surface area contributed by atoms with Crippen LogP contribution in [-0.2, 0) is 9.59 Å². The van der Waals surface area contributed by atoms with Crippen LogP contribution in [0.15, 0.2) is 0 Å². The molecule has 0 bridgehead atoms. The molecule has 0 saturated carbocycles. The van der Waals surface area contributed by atoms with Gasteiger partial charge in [0.2, 0.25) is 11.8 Å². The number of thioether (sulfide) groups is 1. The molecule has 2 amide bonds. The molecule has 1 atom stereocenters. The highest BCUT2D eigenvalue weighted by atomic mass is 35.5. The van der Waals surface area contributed by atoms with Crippen LogP contribution in [0.3, 0.4) is 0 Å². The maximum Gasteiger partial charge on any atom is 0.246 e. The smallest absolute Gasteiger partial charge is 0.246 e. The van der Waals surface area contributed by atoms with Crippen LogP contribution in [0.5, 0.6) is 0 Å². The number of amides is 2. The Hall–Kier alpha value is -0.460. The predicted octanol–water partition coefficient (Wildman–Crippen LogP) is 1.18. The molecule has 7 heteroatoms. The third-order valence-electron chi connectivity index (χ3n) is 4.21. The normalized spacial score (nSPS) is 23.0. The Morgan fingerprint density at radius 3 is 2.52 bits per heavy atom. The molecule has 2 heterocycles. The van der Waals surface area contributed by atoms with Gasteiger partial charge in [-0.1, -0.05) is 6.92 Å². The van der Waals surface area contributed by atoms with Crippen molar-refractivity contribution in [3.8, 4) is 0 Å². The van der Waals surface area contributed by atoms with Crippen LogP contribution in [0.2, 0.25) is 0 Å². The molecule has 5 nitrogen and oxygen atoms in total. The van der Waals surface area contributed by atoms with E-state index < -0.39 is 0 Å². The molecule has 122 valence electrons. The Balaban J connectivity index is 0.00000220. The van der Waals surface area contributed by atoms with E-state index in [0.717, 1.165) is 38.2 Å². The van der Waals surface area contributed by atoms with Gasteiger partial charge in [-0.15, -0.1) is 24.2 Å². The molecule has 0 aromatic heterocycles. The van der Waals surface area contributed by atoms with Crippen molar-refractivity contribution in [1.82, 2.24) is 15.1 Å². The fraction of sp³-hybridized carbons (Fsp3) is 0.857. The quantitative estimate of drug-likeness (QED) is 0.838. The average molecular weight is 336 g/mol. The Kier molecular flexibility index (Phi) is 7.84. The number of hydrogen-bond acceptors (Lipinski definition) is 4. The summed E-state index contributed by atoms with van der Waals surface area (Å²) in [6.45, 7) is 4.55. The van der Waals surface area contributed by atoms with Crippen molar-refractivity contribution in [3.63, 3.8) is 0 Å². The van der Waals surface area contributed by atoms with Gasteiger partial charge in [-0.05, 0) is 32.4 Å². The zero-order chi connectivity index (χ0) is 14.5. The van der Waals surface area contributed by atoms with Crippen molar-refractivity contribution in [1.29, 1.82) is 0 Å². The Labute approximate surface area is 137 Å². The molecule has 1 unspecified atom stereocenters. The summed E-state index contributed by atoms with van der Waals surface area (Å²) in [5, 5.41) is 3.21. The van der Waals surface area contributed by atoms with E-state index in [0.29, 0.717) is 18.2 Å². The summed E-state index contributed by atoms with van der Waals surface area (Å²) >= 11 is 1.68. The van der Waals surface area contributed by atoms with E-state index in [1.54, 1.807) is 16.7 Å². The number of nitrogens with one attached hydrogen (secondary N) is 1. The molecule has 0 aromatic rings. The number of carbonyl (C=O) groups excluding carboxylic acids is 2. The first-order valence-corrected chi connectivity index (χ1v) is 8.63. The molecule has 21 heavy (non-hydrogen) atoms. The van der Waals surface area contributed by atoms with Crippen molar-refractivity contribution in [3.05, 3.63) is 0 Å². The maximum atomic E-state index is 12.6. The predicted molar refractivity (Wildman–Crippen MR) is 88.7 cm³/mol. The van der Waals surface area contributed by atoms with Crippen LogP contribution in [0, 0.1) is 5.92 Å². The van der Waals surface area contributed by atoms with E-state index in [1.165, 1.54) is 0 Å². The number of likely N-dealkylation sites (tertiary alicyclic amines) is 1. The van der Waals surface area contributed by atoms with E-state index in [4.69, 9.17) is 0 Å². The second kappa shape index (κ2) is 8.86. The lowest BCUT2D eigenvalue weighted by Gasteiger charge is -2.35. The van der Waals surface area contributed by atoms with E-state index in [9.17, 15) is 9.59 Å². The van der Waals surface area contributed by atoms with Gasteiger partial charge in [0.25, 0.3) is 0 Å². The number of halogens is 1. The van der Waals surface area contributed by atoms with Gasteiger partial charge < -0.3 is 15.1 Å². The SMILES string of the molecule is CCC(=O)N1CSCC1C(=O)N1CCC(CNC)CC1.Cl. The van der Waals surface area contributed by atoms with E-state index in [1.807, 2.05) is 18.9 Å². The summed E-state index contributed by atoms with van der Waals surface area (Å²) < 4.78 is 0. The highest BCUT2D eigenvalue weighted by Crippen LogP contribution is 2.25. The summed E-state index contributed by atoms with van der Waals surface area (Å²) in [6, 6.07) is -0.228. The van der Waals surface area contributed by atoms with Crippen LogP contribution in [0.4, 0.5) is 0 Å². The van der Waals surface area contributed by atoms with Crippen molar-refractivity contribution >= 4 is 36.0 Å². The minimum absolute atomic E-state index is 0. The van der Waals surface area contributed by atoms with Gasteiger partial charge in [-0.2, -0.15) is 0 Å². The first kappa shape index (κ1) is 18.6. The van der Waals surface area contributed by atoms with Gasteiger partial charge in [0.05, 0.1) is 5.88 Å². The van der Waals surface area contributed by atoms with Crippen molar-refractivity contribution in [2.45, 2.75) is 32.2 Å². The molecule has 2 aliphatic heterocycles.